The van der Waals surface area contributed by atoms with E-state index in [0.717, 1.165) is 22.8 Å². The van der Waals surface area contributed by atoms with Crippen LogP contribution in [0.15, 0.2) is 60.8 Å². The van der Waals surface area contributed by atoms with Gasteiger partial charge in [0, 0.05) is 40.2 Å². The molecule has 0 atom stereocenters. The van der Waals surface area contributed by atoms with Crippen molar-refractivity contribution in [2.45, 2.75) is 13.5 Å². The molecule has 4 aromatic rings. The highest BCUT2D eigenvalue weighted by atomic mass is 16.2. The molecule has 0 fully saturated rings. The van der Waals surface area contributed by atoms with E-state index in [-0.39, 0.29) is 11.6 Å². The number of nitrogens with two attached hydrogens (primary N) is 1. The molecular formula is C21H18N4O2. The number of fused-ring (bicyclic) bond motifs is 3. The number of nitrogens with zero attached hydrogens (tertiary/aromatic N) is 2. The highest BCUT2D eigenvalue weighted by Crippen LogP contribution is 2.31. The quantitative estimate of drug-likeness (QED) is 0.584. The Balaban J connectivity index is 1.69. The highest BCUT2D eigenvalue weighted by Gasteiger charge is 2.12. The number of carbonyl (C=O) groups excluding carboxylic acids is 2. The molecule has 2 aromatic heterocycles. The fraction of sp³-hybridized carbons (Fsp3) is 0.0952. The molecule has 134 valence electrons. The van der Waals surface area contributed by atoms with Crippen molar-refractivity contribution in [1.82, 2.24) is 9.55 Å². The van der Waals surface area contributed by atoms with E-state index >= 15 is 0 Å². The molecule has 27 heavy (non-hydrogen) atoms. The van der Waals surface area contributed by atoms with E-state index in [9.17, 15) is 9.59 Å². The lowest BCUT2D eigenvalue weighted by molar-refractivity contribution is 0.0990. The lowest BCUT2D eigenvalue weighted by Gasteiger charge is -2.07. The minimum atomic E-state index is -0.625. The summed E-state index contributed by atoms with van der Waals surface area (Å²) in [5.41, 5.74) is 8.65. The molecule has 3 N–H and O–H groups in total. The van der Waals surface area contributed by atoms with Crippen LogP contribution in [0.4, 0.5) is 5.69 Å². The Labute approximate surface area is 155 Å². The first-order valence-corrected chi connectivity index (χ1v) is 8.66. The van der Waals surface area contributed by atoms with Gasteiger partial charge in [0.25, 0.3) is 11.8 Å². The predicted molar refractivity (Wildman–Crippen MR) is 106 cm³/mol. The van der Waals surface area contributed by atoms with E-state index in [4.69, 9.17) is 5.73 Å². The minimum absolute atomic E-state index is 0.125. The van der Waals surface area contributed by atoms with Crippen molar-refractivity contribution in [1.29, 1.82) is 0 Å². The molecule has 6 heteroatoms. The summed E-state index contributed by atoms with van der Waals surface area (Å²) in [6.45, 7) is 2.98. The van der Waals surface area contributed by atoms with Crippen LogP contribution in [0.3, 0.4) is 0 Å². The molecule has 0 aliphatic carbocycles. The SMILES string of the molecule is CCn1c2ccccc2c2cc(NC(=O)c3ccc(C(N)=O)nc3)ccc21. The summed E-state index contributed by atoms with van der Waals surface area (Å²) >= 11 is 0. The zero-order valence-electron chi connectivity index (χ0n) is 14.8. The first-order valence-electron chi connectivity index (χ1n) is 8.66. The summed E-state index contributed by atoms with van der Waals surface area (Å²) in [5.74, 6) is -0.920. The van der Waals surface area contributed by atoms with Gasteiger partial charge in [0.1, 0.15) is 5.69 Å². The van der Waals surface area contributed by atoms with E-state index < -0.39 is 5.91 Å². The number of amides is 2. The number of hydrogen-bond donors (Lipinski definition) is 2. The number of aryl methyl sites for hydroxylation is 1. The number of rotatable bonds is 4. The van der Waals surface area contributed by atoms with E-state index in [1.807, 2.05) is 30.3 Å². The maximum Gasteiger partial charge on any atom is 0.267 e. The van der Waals surface area contributed by atoms with Crippen LogP contribution >= 0.6 is 0 Å². The topological polar surface area (TPSA) is 90.0 Å². The zero-order valence-corrected chi connectivity index (χ0v) is 14.8. The maximum absolute atomic E-state index is 12.5. The molecule has 2 heterocycles. The summed E-state index contributed by atoms with van der Waals surface area (Å²) in [6, 6.07) is 17.1. The Kier molecular flexibility index (Phi) is 4.08. The van der Waals surface area contributed by atoms with E-state index in [1.54, 1.807) is 0 Å². The number of aromatic nitrogens is 2. The Morgan fingerprint density at radius 2 is 1.81 bits per heavy atom. The van der Waals surface area contributed by atoms with Crippen LogP contribution in [0, 0.1) is 0 Å². The van der Waals surface area contributed by atoms with Gasteiger partial charge in [-0.2, -0.15) is 0 Å². The Morgan fingerprint density at radius 1 is 1.04 bits per heavy atom. The molecule has 0 aliphatic heterocycles. The largest absolute Gasteiger partial charge is 0.364 e. The molecule has 0 bridgehead atoms. The first-order chi connectivity index (χ1) is 13.1. The Hall–Kier alpha value is -3.67. The number of nitrogens with one attached hydrogen (secondary N) is 1. The predicted octanol–water partition coefficient (Wildman–Crippen LogP) is 3.56. The number of benzene rings is 2. The van der Waals surface area contributed by atoms with Gasteiger partial charge in [0.05, 0.1) is 5.56 Å². The lowest BCUT2D eigenvalue weighted by Crippen LogP contribution is -2.15. The van der Waals surface area contributed by atoms with Gasteiger partial charge in [-0.05, 0) is 43.3 Å². The van der Waals surface area contributed by atoms with E-state index in [2.05, 4.69) is 33.9 Å². The van der Waals surface area contributed by atoms with Crippen molar-refractivity contribution < 1.29 is 9.59 Å². The summed E-state index contributed by atoms with van der Waals surface area (Å²) < 4.78 is 2.25. The Bertz CT molecular complexity index is 1180. The molecule has 0 radical (unpaired) electrons. The van der Waals surface area contributed by atoms with Gasteiger partial charge in [-0.25, -0.2) is 0 Å². The summed E-state index contributed by atoms with van der Waals surface area (Å²) in [7, 11) is 0. The second-order valence-corrected chi connectivity index (χ2v) is 6.24. The van der Waals surface area contributed by atoms with Gasteiger partial charge in [0.2, 0.25) is 0 Å². The van der Waals surface area contributed by atoms with Crippen LogP contribution in [0.1, 0.15) is 27.8 Å². The van der Waals surface area contributed by atoms with Crippen LogP contribution in [-0.2, 0) is 6.54 Å². The van der Waals surface area contributed by atoms with Crippen LogP contribution in [0.2, 0.25) is 0 Å². The normalized spacial score (nSPS) is 11.0. The van der Waals surface area contributed by atoms with Crippen molar-refractivity contribution >= 4 is 39.3 Å². The van der Waals surface area contributed by atoms with Gasteiger partial charge in [0.15, 0.2) is 0 Å². The van der Waals surface area contributed by atoms with Crippen molar-refractivity contribution in [3.63, 3.8) is 0 Å². The molecule has 0 unspecified atom stereocenters. The third-order valence-electron chi connectivity index (χ3n) is 4.62. The third kappa shape index (κ3) is 2.91. The molecule has 2 aromatic carbocycles. The molecule has 0 aliphatic rings. The molecule has 6 nitrogen and oxygen atoms in total. The zero-order chi connectivity index (χ0) is 19.0. The summed E-state index contributed by atoms with van der Waals surface area (Å²) in [4.78, 5) is 27.5. The average Bonchev–Trinajstić information content (AvgIpc) is 3.01. The monoisotopic (exact) mass is 358 g/mol. The molecule has 0 spiro atoms. The van der Waals surface area contributed by atoms with Gasteiger partial charge in [-0.1, -0.05) is 18.2 Å². The van der Waals surface area contributed by atoms with Crippen LogP contribution in [-0.4, -0.2) is 21.4 Å². The van der Waals surface area contributed by atoms with Crippen molar-refractivity contribution in [3.8, 4) is 0 Å². The molecule has 0 saturated carbocycles. The fourth-order valence-electron chi connectivity index (χ4n) is 3.35. The van der Waals surface area contributed by atoms with Gasteiger partial charge < -0.3 is 15.6 Å². The molecule has 2 amide bonds. The number of pyridine rings is 1. The minimum Gasteiger partial charge on any atom is -0.364 e. The second kappa shape index (κ2) is 6.57. The van der Waals surface area contributed by atoms with Crippen molar-refractivity contribution in [2.75, 3.05) is 5.32 Å². The fourth-order valence-corrected chi connectivity index (χ4v) is 3.35. The lowest BCUT2D eigenvalue weighted by atomic mass is 10.1. The average molecular weight is 358 g/mol. The maximum atomic E-state index is 12.5. The standard InChI is InChI=1S/C21H18N4O2/c1-2-25-18-6-4-3-5-15(18)16-11-14(8-10-19(16)25)24-21(27)13-7-9-17(20(22)26)23-12-13/h3-12H,2H2,1H3,(H2,22,26)(H,24,27). The van der Waals surface area contributed by atoms with Gasteiger partial charge >= 0.3 is 0 Å². The summed E-state index contributed by atoms with van der Waals surface area (Å²) in [6.07, 6.45) is 1.34. The molecule has 4 rings (SSSR count). The van der Waals surface area contributed by atoms with Crippen molar-refractivity contribution in [3.05, 3.63) is 72.1 Å². The van der Waals surface area contributed by atoms with Crippen LogP contribution < -0.4 is 11.1 Å². The van der Waals surface area contributed by atoms with Gasteiger partial charge in [-0.15, -0.1) is 0 Å². The smallest absolute Gasteiger partial charge is 0.267 e. The van der Waals surface area contributed by atoms with Crippen LogP contribution in [0.5, 0.6) is 0 Å². The number of carbonyl (C=O) groups is 2. The number of anilines is 1. The summed E-state index contributed by atoms with van der Waals surface area (Å²) in [5, 5.41) is 5.13. The third-order valence-corrected chi connectivity index (χ3v) is 4.62. The van der Waals surface area contributed by atoms with Gasteiger partial charge in [-0.3, -0.25) is 14.6 Å². The molecule has 0 saturated heterocycles. The highest BCUT2D eigenvalue weighted by molar-refractivity contribution is 6.11. The second-order valence-electron chi connectivity index (χ2n) is 6.24. The van der Waals surface area contributed by atoms with Crippen LogP contribution in [0.25, 0.3) is 21.8 Å². The number of primary amides is 1. The Morgan fingerprint density at radius 3 is 2.52 bits per heavy atom. The number of para-hydroxylation sites is 1. The number of hydrogen-bond acceptors (Lipinski definition) is 3. The van der Waals surface area contributed by atoms with E-state index in [0.29, 0.717) is 11.3 Å². The first kappa shape index (κ1) is 16.8. The van der Waals surface area contributed by atoms with Crippen molar-refractivity contribution in [2.24, 2.45) is 5.73 Å². The molecular weight excluding hydrogens is 340 g/mol. The van der Waals surface area contributed by atoms with E-state index in [1.165, 1.54) is 23.8 Å².